The van der Waals surface area contributed by atoms with Crippen molar-refractivity contribution in [2.45, 2.75) is 39.3 Å². The van der Waals surface area contributed by atoms with Crippen molar-refractivity contribution in [3.8, 4) is 17.0 Å². The third-order valence-electron chi connectivity index (χ3n) is 7.92. The van der Waals surface area contributed by atoms with Gasteiger partial charge in [0.05, 0.1) is 17.6 Å². The maximum atomic E-state index is 16.6. The molecule has 0 fully saturated rings. The molecule has 10 nitrogen and oxygen atoms in total. The zero-order valence-electron chi connectivity index (χ0n) is 25.4. The van der Waals surface area contributed by atoms with E-state index in [1.807, 2.05) is 16.5 Å². The van der Waals surface area contributed by atoms with E-state index in [1.54, 1.807) is 38.4 Å². The van der Waals surface area contributed by atoms with Crippen molar-refractivity contribution in [2.24, 2.45) is 0 Å². The van der Waals surface area contributed by atoms with Gasteiger partial charge in [0, 0.05) is 46.1 Å². The number of aromatic nitrogens is 5. The maximum Gasteiger partial charge on any atom is 0.273 e. The second-order valence-electron chi connectivity index (χ2n) is 11.1. The number of fused-ring (bicyclic) bond motifs is 3. The number of hydrogen-bond acceptors (Lipinski definition) is 8. The third kappa shape index (κ3) is 5.75. The van der Waals surface area contributed by atoms with Crippen LogP contribution in [0.2, 0.25) is 5.28 Å². The number of amides is 1. The van der Waals surface area contributed by atoms with Crippen molar-refractivity contribution in [3.05, 3.63) is 70.4 Å². The molecular formula is C32H32ClF2N7O3. The number of methoxy groups -OCH3 is 1. The highest BCUT2D eigenvalue weighted by Gasteiger charge is 2.25. The van der Waals surface area contributed by atoms with Gasteiger partial charge in [-0.15, -0.1) is 0 Å². The summed E-state index contributed by atoms with van der Waals surface area (Å²) >= 11 is 6.43. The minimum Gasteiger partial charge on any atom is -0.468 e. The molecule has 2 aromatic carbocycles. The quantitative estimate of drug-likeness (QED) is 0.158. The normalized spacial score (nSPS) is 13.5. The number of hydrogen-bond donors (Lipinski definition) is 0. The molecule has 1 aliphatic heterocycles. The number of nitrogens with zero attached hydrogens (tertiary/aromatic N) is 7. The molecule has 4 heterocycles. The number of benzene rings is 2. The Hall–Kier alpha value is -4.42. The highest BCUT2D eigenvalue weighted by Crippen LogP contribution is 2.39. The van der Waals surface area contributed by atoms with E-state index in [-0.39, 0.29) is 29.2 Å². The number of ether oxygens (including phenoxy) is 2. The molecule has 13 heteroatoms. The Bertz CT molecular complexity index is 1930. The fourth-order valence-corrected chi connectivity index (χ4v) is 5.97. The largest absolute Gasteiger partial charge is 0.468 e. The van der Waals surface area contributed by atoms with Crippen LogP contribution in [0, 0.1) is 11.6 Å². The molecule has 0 saturated carbocycles. The Labute approximate surface area is 263 Å². The molecular weight excluding hydrogens is 604 g/mol. The summed E-state index contributed by atoms with van der Waals surface area (Å²) < 4.78 is 44.2. The first kappa shape index (κ1) is 30.6. The van der Waals surface area contributed by atoms with Crippen molar-refractivity contribution in [2.75, 3.05) is 39.4 Å². The van der Waals surface area contributed by atoms with Gasteiger partial charge in [-0.05, 0) is 71.5 Å². The van der Waals surface area contributed by atoms with Crippen LogP contribution in [0.4, 0.5) is 14.6 Å². The van der Waals surface area contributed by atoms with E-state index in [2.05, 4.69) is 20.1 Å². The van der Waals surface area contributed by atoms with Crippen LogP contribution < -0.4 is 9.64 Å². The van der Waals surface area contributed by atoms with Crippen LogP contribution in [-0.2, 0) is 24.2 Å². The molecule has 0 saturated heterocycles. The Morgan fingerprint density at radius 1 is 1.11 bits per heavy atom. The van der Waals surface area contributed by atoms with E-state index in [1.165, 1.54) is 24.3 Å². The second-order valence-corrected chi connectivity index (χ2v) is 11.4. The Morgan fingerprint density at radius 2 is 1.91 bits per heavy atom. The van der Waals surface area contributed by atoms with Crippen molar-refractivity contribution >= 4 is 45.0 Å². The zero-order chi connectivity index (χ0) is 31.8. The average Bonchev–Trinajstić information content (AvgIpc) is 3.40. The van der Waals surface area contributed by atoms with E-state index in [4.69, 9.17) is 21.1 Å². The lowest BCUT2D eigenvalue weighted by atomic mass is 9.94. The number of halogens is 3. The molecule has 0 spiro atoms. The highest BCUT2D eigenvalue weighted by molar-refractivity contribution is 6.28. The fourth-order valence-electron chi connectivity index (χ4n) is 5.80. The van der Waals surface area contributed by atoms with E-state index in [0.717, 1.165) is 18.5 Å². The van der Waals surface area contributed by atoms with Gasteiger partial charge in [0.1, 0.15) is 28.6 Å². The van der Waals surface area contributed by atoms with Gasteiger partial charge in [0.2, 0.25) is 5.28 Å². The first-order chi connectivity index (χ1) is 21.7. The molecule has 234 valence electrons. The Kier molecular flexibility index (Phi) is 8.52. The molecule has 0 unspecified atom stereocenters. The van der Waals surface area contributed by atoms with Crippen LogP contribution >= 0.6 is 11.6 Å². The van der Waals surface area contributed by atoms with Crippen molar-refractivity contribution in [1.29, 1.82) is 0 Å². The molecule has 0 N–H and O–H groups in total. The van der Waals surface area contributed by atoms with E-state index < -0.39 is 11.6 Å². The number of carbonyl (C=O) groups excluding carboxylic acids is 1. The van der Waals surface area contributed by atoms with Crippen molar-refractivity contribution in [1.82, 2.24) is 29.6 Å². The van der Waals surface area contributed by atoms with Crippen LogP contribution in [-0.4, -0.2) is 70.1 Å². The van der Waals surface area contributed by atoms with Gasteiger partial charge in [-0.25, -0.2) is 13.8 Å². The first-order valence-corrected chi connectivity index (χ1v) is 15.0. The number of rotatable bonds is 7. The monoisotopic (exact) mass is 635 g/mol. The van der Waals surface area contributed by atoms with Crippen LogP contribution in [0.25, 0.3) is 32.9 Å². The minimum absolute atomic E-state index is 0.0140. The molecule has 0 radical (unpaired) electrons. The summed E-state index contributed by atoms with van der Waals surface area (Å²) in [5.41, 5.74) is 1.94. The number of aryl methyl sites for hydroxylation is 2. The molecule has 45 heavy (non-hydrogen) atoms. The second kappa shape index (κ2) is 12.5. The minimum atomic E-state index is -0.717. The van der Waals surface area contributed by atoms with E-state index in [9.17, 15) is 4.79 Å². The summed E-state index contributed by atoms with van der Waals surface area (Å²) in [6.45, 7) is 3.47. The molecule has 0 aliphatic carbocycles. The number of carbonyl (C=O) groups is 1. The van der Waals surface area contributed by atoms with Crippen LogP contribution in [0.5, 0.6) is 5.75 Å². The molecule has 1 amide bonds. The molecule has 6 rings (SSSR count). The van der Waals surface area contributed by atoms with Crippen LogP contribution in [0.15, 0.2) is 36.5 Å². The van der Waals surface area contributed by atoms with Gasteiger partial charge in [-0.3, -0.25) is 14.5 Å². The summed E-state index contributed by atoms with van der Waals surface area (Å²) in [7, 11) is 4.86. The van der Waals surface area contributed by atoms with E-state index >= 15 is 8.78 Å². The first-order valence-electron chi connectivity index (χ1n) is 14.6. The molecule has 0 atom stereocenters. The van der Waals surface area contributed by atoms with Crippen LogP contribution in [0.3, 0.4) is 0 Å². The fraction of sp³-hybridized carbons (Fsp3) is 0.344. The smallest absolute Gasteiger partial charge is 0.273 e. The van der Waals surface area contributed by atoms with Gasteiger partial charge in [-0.1, -0.05) is 13.0 Å². The average molecular weight is 636 g/mol. The molecule has 5 aromatic rings. The number of anilines is 1. The lowest BCUT2D eigenvalue weighted by Crippen LogP contribution is -2.29. The van der Waals surface area contributed by atoms with Gasteiger partial charge < -0.3 is 19.3 Å². The lowest BCUT2D eigenvalue weighted by molar-refractivity contribution is 0.0512. The third-order valence-corrected chi connectivity index (χ3v) is 8.09. The summed E-state index contributed by atoms with van der Waals surface area (Å²) in [6.07, 6.45) is 3.53. The maximum absolute atomic E-state index is 16.6. The topological polar surface area (TPSA) is 98.5 Å². The van der Waals surface area contributed by atoms with Crippen molar-refractivity contribution in [3.63, 3.8) is 0 Å². The summed E-state index contributed by atoms with van der Waals surface area (Å²) in [5.74, 6) is -0.464. The van der Waals surface area contributed by atoms with Gasteiger partial charge >= 0.3 is 0 Å². The van der Waals surface area contributed by atoms with Crippen molar-refractivity contribution < 1.29 is 23.0 Å². The lowest BCUT2D eigenvalue weighted by Gasteiger charge is -2.27. The van der Waals surface area contributed by atoms with E-state index in [0.29, 0.717) is 70.6 Å². The summed E-state index contributed by atoms with van der Waals surface area (Å²) in [6, 6.07) is 8.19. The Balaban J connectivity index is 1.49. The summed E-state index contributed by atoms with van der Waals surface area (Å²) in [5, 5.41) is 5.98. The van der Waals surface area contributed by atoms with Gasteiger partial charge in [0.25, 0.3) is 5.91 Å². The van der Waals surface area contributed by atoms with Gasteiger partial charge in [0.15, 0.2) is 18.3 Å². The standard InChI is InChI=1S/C32H32ClF2N7O3/c1-5-21-24(34)9-8-18-12-20(45-17-44-4)14-22(26(18)21)28-27(35)29-23(15-36-28)30(38-32(33)37-29)41-10-6-7-11-42-19(16-41)13-25(39-42)31(43)40(2)3/h8-9,12-15H,5-7,10-11,16-17H2,1-4H3. The number of pyridine rings is 1. The van der Waals surface area contributed by atoms with Gasteiger partial charge in [-0.2, -0.15) is 10.1 Å². The predicted molar refractivity (Wildman–Crippen MR) is 168 cm³/mol. The predicted octanol–water partition coefficient (Wildman–Crippen LogP) is 6.02. The SMILES string of the molecule is CCc1c(F)ccc2cc(OCOC)cc(-c3ncc4c(N5CCCCn6nc(C(=O)N(C)C)cc6C5)nc(Cl)nc4c3F)c12. The molecule has 0 bridgehead atoms. The molecule has 3 aromatic heterocycles. The highest BCUT2D eigenvalue weighted by atomic mass is 35.5. The summed E-state index contributed by atoms with van der Waals surface area (Å²) in [4.78, 5) is 29.4. The molecule has 1 aliphatic rings. The Morgan fingerprint density at radius 3 is 2.67 bits per heavy atom. The van der Waals surface area contributed by atoms with Crippen LogP contribution in [0.1, 0.15) is 41.5 Å². The zero-order valence-corrected chi connectivity index (χ0v) is 26.2.